The Hall–Kier alpha value is -1.38. The van der Waals surface area contributed by atoms with E-state index in [1.165, 1.54) is 12.1 Å². The number of aromatic nitrogens is 1. The van der Waals surface area contributed by atoms with Gasteiger partial charge in [-0.2, -0.15) is 0 Å². The first-order chi connectivity index (χ1) is 5.72. The second-order valence-corrected chi connectivity index (χ2v) is 2.60. The van der Waals surface area contributed by atoms with E-state index in [0.29, 0.717) is 13.0 Å². The molecule has 0 aromatic carbocycles. The monoisotopic (exact) mass is 165 g/mol. The Bertz CT molecular complexity index is 307. The molecule has 0 N–H and O–H groups in total. The maximum Gasteiger partial charge on any atom is 0.181 e. The van der Waals surface area contributed by atoms with E-state index >= 15 is 0 Å². The molecule has 0 saturated carbocycles. The van der Waals surface area contributed by atoms with Crippen molar-refractivity contribution in [2.75, 3.05) is 0 Å². The van der Waals surface area contributed by atoms with Crippen molar-refractivity contribution in [3.05, 3.63) is 34.7 Å². The Kier molecular flexibility index (Phi) is 2.80. The molecule has 12 heavy (non-hydrogen) atoms. The van der Waals surface area contributed by atoms with Crippen LogP contribution in [0.5, 0.6) is 0 Å². The number of pyridine rings is 1. The first-order valence-electron chi connectivity index (χ1n) is 3.90. The second kappa shape index (κ2) is 3.85. The molecule has 0 radical (unpaired) electrons. The molecular formula is C9H11NO2. The molecule has 3 nitrogen and oxygen atoms in total. The topological polar surface area (TPSA) is 39.1 Å². The lowest BCUT2D eigenvalue weighted by molar-refractivity contribution is -0.119. The van der Waals surface area contributed by atoms with Crippen LogP contribution in [-0.2, 0) is 11.3 Å². The van der Waals surface area contributed by atoms with Crippen molar-refractivity contribution < 1.29 is 4.79 Å². The Labute approximate surface area is 70.6 Å². The van der Waals surface area contributed by atoms with Crippen LogP contribution in [0.3, 0.4) is 0 Å². The number of rotatable bonds is 3. The summed E-state index contributed by atoms with van der Waals surface area (Å²) in [4.78, 5) is 21.6. The summed E-state index contributed by atoms with van der Waals surface area (Å²) in [5.41, 5.74) is -0.0322. The van der Waals surface area contributed by atoms with Gasteiger partial charge in [-0.05, 0) is 0 Å². The van der Waals surface area contributed by atoms with Crippen LogP contribution in [0, 0.1) is 0 Å². The normalized spacial score (nSPS) is 9.75. The predicted octanol–water partition coefficient (Wildman–Crippen LogP) is 0.827. The van der Waals surface area contributed by atoms with Gasteiger partial charge in [0, 0.05) is 30.9 Å². The lowest BCUT2D eigenvalue weighted by Gasteiger charge is -2.01. The van der Waals surface area contributed by atoms with E-state index in [2.05, 4.69) is 0 Å². The van der Waals surface area contributed by atoms with Crippen LogP contribution in [-0.4, -0.2) is 10.4 Å². The molecule has 1 aromatic rings. The summed E-state index contributed by atoms with van der Waals surface area (Å²) in [5.74, 6) is 0.165. The van der Waals surface area contributed by atoms with Gasteiger partial charge in [0.15, 0.2) is 11.2 Å². The summed E-state index contributed by atoms with van der Waals surface area (Å²) in [5, 5.41) is 0. The summed E-state index contributed by atoms with van der Waals surface area (Å²) < 4.78 is 1.70. The Morgan fingerprint density at radius 2 is 2.00 bits per heavy atom. The van der Waals surface area contributed by atoms with E-state index in [9.17, 15) is 9.59 Å². The quantitative estimate of drug-likeness (QED) is 0.665. The average molecular weight is 165 g/mol. The highest BCUT2D eigenvalue weighted by atomic mass is 16.1. The fourth-order valence-corrected chi connectivity index (χ4v) is 0.864. The van der Waals surface area contributed by atoms with Gasteiger partial charge in [0.1, 0.15) is 0 Å². The third kappa shape index (κ3) is 2.34. The van der Waals surface area contributed by atoms with Gasteiger partial charge >= 0.3 is 0 Å². The van der Waals surface area contributed by atoms with Crippen molar-refractivity contribution in [2.45, 2.75) is 19.9 Å². The van der Waals surface area contributed by atoms with Crippen molar-refractivity contribution in [1.29, 1.82) is 0 Å². The van der Waals surface area contributed by atoms with Gasteiger partial charge in [-0.1, -0.05) is 6.92 Å². The highest BCUT2D eigenvalue weighted by Crippen LogP contribution is 1.88. The Morgan fingerprint density at radius 3 is 2.50 bits per heavy atom. The molecule has 0 aliphatic carbocycles. The van der Waals surface area contributed by atoms with Crippen molar-refractivity contribution >= 4 is 5.78 Å². The van der Waals surface area contributed by atoms with E-state index in [1.807, 2.05) is 6.92 Å². The van der Waals surface area contributed by atoms with Crippen LogP contribution < -0.4 is 5.43 Å². The minimum atomic E-state index is -0.0322. The molecular weight excluding hydrogens is 154 g/mol. The molecule has 0 saturated heterocycles. The molecule has 0 aliphatic heterocycles. The van der Waals surface area contributed by atoms with Crippen LogP contribution in [0.2, 0.25) is 0 Å². The summed E-state index contributed by atoms with van der Waals surface area (Å²) in [6, 6.07) is 2.89. The predicted molar refractivity (Wildman–Crippen MR) is 46.0 cm³/mol. The number of carbonyl (C=O) groups excluding carboxylic acids is 1. The van der Waals surface area contributed by atoms with Crippen molar-refractivity contribution in [1.82, 2.24) is 4.57 Å². The number of hydrogen-bond donors (Lipinski definition) is 0. The summed E-state index contributed by atoms with van der Waals surface area (Å²) in [6.45, 7) is 2.18. The van der Waals surface area contributed by atoms with Crippen LogP contribution in [0.4, 0.5) is 0 Å². The van der Waals surface area contributed by atoms with E-state index in [4.69, 9.17) is 0 Å². The maximum absolute atomic E-state index is 11.0. The molecule has 0 fully saturated rings. The van der Waals surface area contributed by atoms with E-state index < -0.39 is 0 Å². The minimum absolute atomic E-state index is 0.0322. The highest BCUT2D eigenvalue weighted by molar-refractivity contribution is 5.77. The second-order valence-electron chi connectivity index (χ2n) is 2.60. The number of nitrogens with zero attached hydrogens (tertiary/aromatic N) is 1. The van der Waals surface area contributed by atoms with Gasteiger partial charge < -0.3 is 4.57 Å². The number of ketones is 1. The molecule has 1 aromatic heterocycles. The van der Waals surface area contributed by atoms with Gasteiger partial charge in [-0.3, -0.25) is 9.59 Å². The SMILES string of the molecule is CCC(=O)Cn1ccc(=O)cc1. The lowest BCUT2D eigenvalue weighted by atomic mass is 10.3. The third-order valence-corrected chi connectivity index (χ3v) is 1.61. The minimum Gasteiger partial charge on any atom is -0.347 e. The molecule has 1 heterocycles. The van der Waals surface area contributed by atoms with Gasteiger partial charge in [-0.25, -0.2) is 0 Å². The standard InChI is InChI=1S/C9H11NO2/c1-2-8(11)7-10-5-3-9(12)4-6-10/h3-6H,2,7H2,1H3. The van der Waals surface area contributed by atoms with Gasteiger partial charge in [0.25, 0.3) is 0 Å². The molecule has 0 bridgehead atoms. The number of carbonyl (C=O) groups is 1. The smallest absolute Gasteiger partial charge is 0.181 e. The summed E-state index contributed by atoms with van der Waals surface area (Å²) >= 11 is 0. The zero-order valence-corrected chi connectivity index (χ0v) is 6.99. The van der Waals surface area contributed by atoms with Crippen LogP contribution in [0.15, 0.2) is 29.3 Å². The molecule has 3 heteroatoms. The largest absolute Gasteiger partial charge is 0.347 e. The maximum atomic E-state index is 11.0. The molecule has 1 rings (SSSR count). The summed E-state index contributed by atoms with van der Waals surface area (Å²) in [6.07, 6.45) is 3.78. The first-order valence-corrected chi connectivity index (χ1v) is 3.90. The first kappa shape index (κ1) is 8.71. The summed E-state index contributed by atoms with van der Waals surface area (Å²) in [7, 11) is 0. The van der Waals surface area contributed by atoms with Crippen LogP contribution >= 0.6 is 0 Å². The fourth-order valence-electron chi connectivity index (χ4n) is 0.864. The lowest BCUT2D eigenvalue weighted by Crippen LogP contribution is -2.10. The Balaban J connectivity index is 2.71. The van der Waals surface area contributed by atoms with Gasteiger partial charge in [0.05, 0.1) is 6.54 Å². The molecule has 64 valence electrons. The third-order valence-electron chi connectivity index (χ3n) is 1.61. The number of hydrogen-bond acceptors (Lipinski definition) is 2. The zero-order chi connectivity index (χ0) is 8.97. The van der Waals surface area contributed by atoms with E-state index in [-0.39, 0.29) is 11.2 Å². The number of Topliss-reactive ketones (excluding diaryl/α,β-unsaturated/α-hetero) is 1. The molecule has 0 unspecified atom stereocenters. The molecule has 0 atom stereocenters. The van der Waals surface area contributed by atoms with E-state index in [1.54, 1.807) is 17.0 Å². The van der Waals surface area contributed by atoms with Crippen molar-refractivity contribution in [3.8, 4) is 0 Å². The average Bonchev–Trinajstić information content (AvgIpc) is 2.09. The Morgan fingerprint density at radius 1 is 1.42 bits per heavy atom. The van der Waals surface area contributed by atoms with Gasteiger partial charge in [0.2, 0.25) is 0 Å². The van der Waals surface area contributed by atoms with Crippen molar-refractivity contribution in [3.63, 3.8) is 0 Å². The van der Waals surface area contributed by atoms with Crippen LogP contribution in [0.1, 0.15) is 13.3 Å². The zero-order valence-electron chi connectivity index (χ0n) is 6.99. The van der Waals surface area contributed by atoms with Crippen LogP contribution in [0.25, 0.3) is 0 Å². The van der Waals surface area contributed by atoms with Crippen molar-refractivity contribution in [2.24, 2.45) is 0 Å². The molecule has 0 aliphatic rings. The molecule has 0 amide bonds. The highest BCUT2D eigenvalue weighted by Gasteiger charge is 1.96. The fraction of sp³-hybridized carbons (Fsp3) is 0.333. The van der Waals surface area contributed by atoms with Gasteiger partial charge in [-0.15, -0.1) is 0 Å². The van der Waals surface area contributed by atoms with E-state index in [0.717, 1.165) is 0 Å². The molecule has 0 spiro atoms.